The lowest BCUT2D eigenvalue weighted by atomic mass is 9.87. The molecule has 0 bridgehead atoms. The summed E-state index contributed by atoms with van der Waals surface area (Å²) in [6.07, 6.45) is 1.67. The second kappa shape index (κ2) is 12.5. The number of benzene rings is 2. The van der Waals surface area contributed by atoms with Gasteiger partial charge >= 0.3 is 5.97 Å². The number of rotatable bonds is 9. The average molecular weight is 644 g/mol. The van der Waals surface area contributed by atoms with Gasteiger partial charge in [0.25, 0.3) is 5.91 Å². The third kappa shape index (κ3) is 6.16. The van der Waals surface area contributed by atoms with Crippen LogP contribution < -0.4 is 10.1 Å². The molecular formula is C34H31ClFN5O5. The van der Waals surface area contributed by atoms with E-state index in [2.05, 4.69) is 29.1 Å². The predicted molar refractivity (Wildman–Crippen MR) is 170 cm³/mol. The molecule has 0 unspecified atom stereocenters. The van der Waals surface area contributed by atoms with Crippen LogP contribution in [0.1, 0.15) is 57.7 Å². The quantitative estimate of drug-likeness (QED) is 0.197. The Morgan fingerprint density at radius 1 is 1.13 bits per heavy atom. The lowest BCUT2D eigenvalue weighted by Crippen LogP contribution is -2.27. The summed E-state index contributed by atoms with van der Waals surface area (Å²) in [6.45, 7) is 5.24. The van der Waals surface area contributed by atoms with Gasteiger partial charge in [0.1, 0.15) is 23.9 Å². The van der Waals surface area contributed by atoms with E-state index in [1.165, 1.54) is 31.4 Å². The van der Waals surface area contributed by atoms with Crippen molar-refractivity contribution in [1.82, 2.24) is 24.8 Å². The van der Waals surface area contributed by atoms with Crippen LogP contribution in [0.2, 0.25) is 5.02 Å². The molecule has 12 heteroatoms. The van der Waals surface area contributed by atoms with Gasteiger partial charge in [0.05, 0.1) is 46.6 Å². The molecule has 1 aliphatic rings. The minimum atomic E-state index is -1.03. The molecule has 3 aromatic heterocycles. The van der Waals surface area contributed by atoms with Gasteiger partial charge in [-0.15, -0.1) is 0 Å². The second-order valence-corrected chi connectivity index (χ2v) is 12.2. The van der Waals surface area contributed by atoms with Crippen LogP contribution in [-0.2, 0) is 17.8 Å². The van der Waals surface area contributed by atoms with Gasteiger partial charge in [0, 0.05) is 42.3 Å². The highest BCUT2D eigenvalue weighted by atomic mass is 35.5. The Kier molecular flexibility index (Phi) is 8.45. The van der Waals surface area contributed by atoms with Gasteiger partial charge in [-0.3, -0.25) is 9.78 Å². The van der Waals surface area contributed by atoms with Crippen LogP contribution in [0.3, 0.4) is 0 Å². The van der Waals surface area contributed by atoms with Crippen molar-refractivity contribution in [3.8, 4) is 17.1 Å². The number of halogens is 2. The summed E-state index contributed by atoms with van der Waals surface area (Å²) in [5, 5.41) is 12.4. The number of carboxylic acids is 1. The minimum absolute atomic E-state index is 0.0708. The van der Waals surface area contributed by atoms with Gasteiger partial charge in [-0.25, -0.2) is 19.2 Å². The van der Waals surface area contributed by atoms with Gasteiger partial charge in [0.2, 0.25) is 5.88 Å². The highest BCUT2D eigenvalue weighted by Crippen LogP contribution is 2.40. The molecule has 2 N–H and O–H groups in total. The summed E-state index contributed by atoms with van der Waals surface area (Å²) in [4.78, 5) is 37.0. The number of imidazole rings is 1. The van der Waals surface area contributed by atoms with Gasteiger partial charge in [-0.2, -0.15) is 0 Å². The maximum atomic E-state index is 15.7. The molecule has 1 fully saturated rings. The van der Waals surface area contributed by atoms with Crippen molar-refractivity contribution < 1.29 is 28.6 Å². The molecule has 236 valence electrons. The number of nitrogens with one attached hydrogen (secondary N) is 1. The molecule has 1 amide bonds. The van der Waals surface area contributed by atoms with Crippen molar-refractivity contribution >= 4 is 34.5 Å². The van der Waals surface area contributed by atoms with Gasteiger partial charge in [0.15, 0.2) is 0 Å². The highest BCUT2D eigenvalue weighted by Gasteiger charge is 2.39. The van der Waals surface area contributed by atoms with Gasteiger partial charge < -0.3 is 24.5 Å². The number of ether oxygens (including phenoxy) is 2. The van der Waals surface area contributed by atoms with Crippen molar-refractivity contribution in [2.45, 2.75) is 32.9 Å². The van der Waals surface area contributed by atoms with E-state index in [1.54, 1.807) is 42.5 Å². The fourth-order valence-corrected chi connectivity index (χ4v) is 5.78. The van der Waals surface area contributed by atoms with Gasteiger partial charge in [-0.05, 0) is 42.0 Å². The molecule has 0 spiro atoms. The smallest absolute Gasteiger partial charge is 0.335 e. The summed E-state index contributed by atoms with van der Waals surface area (Å²) in [6, 6.07) is 16.3. The summed E-state index contributed by atoms with van der Waals surface area (Å²) < 4.78 is 29.3. The van der Waals surface area contributed by atoms with Crippen LogP contribution in [0.15, 0.2) is 66.9 Å². The zero-order chi connectivity index (χ0) is 32.6. The Morgan fingerprint density at radius 3 is 2.65 bits per heavy atom. The van der Waals surface area contributed by atoms with Gasteiger partial charge in [-0.1, -0.05) is 43.6 Å². The number of carboxylic acid groups (broad SMARTS) is 1. The lowest BCUT2D eigenvalue weighted by molar-refractivity contribution is 0.0696. The average Bonchev–Trinajstić information content (AvgIpc) is 3.57. The molecule has 0 radical (unpaired) electrons. The van der Waals surface area contributed by atoms with E-state index >= 15 is 4.39 Å². The maximum absolute atomic E-state index is 15.7. The third-order valence-corrected chi connectivity index (χ3v) is 8.51. The molecule has 2 aromatic carbocycles. The number of pyridine rings is 2. The number of aromatic nitrogens is 4. The van der Waals surface area contributed by atoms with Crippen molar-refractivity contribution in [3.05, 3.63) is 106 Å². The molecule has 4 heterocycles. The molecule has 0 saturated carbocycles. The minimum Gasteiger partial charge on any atom is -0.478 e. The zero-order valence-corrected chi connectivity index (χ0v) is 26.1. The summed E-state index contributed by atoms with van der Waals surface area (Å²) in [7, 11) is 1.51. The van der Waals surface area contributed by atoms with Crippen LogP contribution in [0, 0.1) is 11.2 Å². The maximum Gasteiger partial charge on any atom is 0.335 e. The predicted octanol–water partition coefficient (Wildman–Crippen LogP) is 6.11. The number of amides is 1. The van der Waals surface area contributed by atoms with E-state index in [0.29, 0.717) is 63.4 Å². The Bertz CT molecular complexity index is 1980. The van der Waals surface area contributed by atoms with E-state index in [4.69, 9.17) is 26.1 Å². The number of aromatic carboxylic acids is 1. The fraction of sp³-hybridized carbons (Fsp3) is 0.265. The SMILES string of the molecule is CNC(=O)c1cc(Cl)c(COc2cccc(-c3ccc(Cc4nc5ccc(C(=O)O)cc5n4[C@@H]4COCC4(C)C)c(F)c3)n2)cn1. The van der Waals surface area contributed by atoms with Crippen LogP contribution in [0.4, 0.5) is 4.39 Å². The highest BCUT2D eigenvalue weighted by molar-refractivity contribution is 6.31. The molecule has 1 aliphatic heterocycles. The van der Waals surface area contributed by atoms with E-state index in [9.17, 15) is 14.7 Å². The number of hydrogen-bond acceptors (Lipinski definition) is 7. The Hall–Kier alpha value is -4.87. The largest absolute Gasteiger partial charge is 0.478 e. The number of nitrogens with zero attached hydrogens (tertiary/aromatic N) is 4. The molecule has 0 aliphatic carbocycles. The first kappa shape index (κ1) is 31.1. The Labute approximate surface area is 269 Å². The number of hydrogen-bond donors (Lipinski definition) is 2. The standard InChI is InChI=1S/C34H31ClFN5O5/c1-34(2)18-45-17-29(34)41-28-12-21(33(43)44)9-10-26(28)39-30(41)13-19-7-8-20(11-24(19)36)25-5-4-6-31(40-25)46-16-22-15-38-27(14-23(22)35)32(42)37-3/h4-12,14-15,29H,13,16-18H2,1-3H3,(H,37,42)(H,43,44)/t29-/m1/s1. The third-order valence-electron chi connectivity index (χ3n) is 8.16. The van der Waals surface area contributed by atoms with E-state index in [-0.39, 0.29) is 41.6 Å². The lowest BCUT2D eigenvalue weighted by Gasteiger charge is -2.28. The van der Waals surface area contributed by atoms with E-state index < -0.39 is 11.8 Å². The number of fused-ring (bicyclic) bond motifs is 1. The van der Waals surface area contributed by atoms with Crippen molar-refractivity contribution in [3.63, 3.8) is 0 Å². The first-order chi connectivity index (χ1) is 22.0. The normalized spacial score (nSPS) is 15.6. The molecule has 1 atom stereocenters. The van der Waals surface area contributed by atoms with Crippen LogP contribution >= 0.6 is 11.6 Å². The monoisotopic (exact) mass is 643 g/mol. The fourth-order valence-electron chi connectivity index (χ4n) is 5.57. The summed E-state index contributed by atoms with van der Waals surface area (Å²) in [5.74, 6) is -0.865. The zero-order valence-electron chi connectivity index (χ0n) is 25.4. The molecule has 10 nitrogen and oxygen atoms in total. The molecular weight excluding hydrogens is 613 g/mol. The molecule has 1 saturated heterocycles. The number of carbonyl (C=O) groups is 2. The van der Waals surface area contributed by atoms with E-state index in [0.717, 1.165) is 0 Å². The Morgan fingerprint density at radius 2 is 1.96 bits per heavy atom. The first-order valence-electron chi connectivity index (χ1n) is 14.6. The summed E-state index contributed by atoms with van der Waals surface area (Å²) >= 11 is 6.32. The summed E-state index contributed by atoms with van der Waals surface area (Å²) in [5.41, 5.74) is 3.52. The molecule has 5 aromatic rings. The Balaban J connectivity index is 1.24. The molecule has 46 heavy (non-hydrogen) atoms. The first-order valence-corrected chi connectivity index (χ1v) is 15.0. The molecule has 6 rings (SSSR count). The van der Waals surface area contributed by atoms with Crippen molar-refractivity contribution in [2.24, 2.45) is 5.41 Å². The van der Waals surface area contributed by atoms with Crippen LogP contribution in [-0.4, -0.2) is 56.8 Å². The van der Waals surface area contributed by atoms with Crippen molar-refractivity contribution in [2.75, 3.05) is 20.3 Å². The van der Waals surface area contributed by atoms with Crippen molar-refractivity contribution in [1.29, 1.82) is 0 Å². The number of carbonyl (C=O) groups excluding carboxylic acids is 1. The van der Waals surface area contributed by atoms with Crippen LogP contribution in [0.25, 0.3) is 22.3 Å². The van der Waals surface area contributed by atoms with Crippen LogP contribution in [0.5, 0.6) is 5.88 Å². The topological polar surface area (TPSA) is 128 Å². The van der Waals surface area contributed by atoms with E-state index in [1.807, 2.05) is 4.57 Å². The second-order valence-electron chi connectivity index (χ2n) is 11.8.